The van der Waals surface area contributed by atoms with Gasteiger partial charge in [0.15, 0.2) is 6.61 Å². The number of allylic oxidation sites excluding steroid dienone is 2. The summed E-state index contributed by atoms with van der Waals surface area (Å²) in [5.74, 6) is 2.22. The first-order valence-electron chi connectivity index (χ1n) is 8.40. The van der Waals surface area contributed by atoms with Crippen molar-refractivity contribution in [1.29, 1.82) is 0 Å². The molecule has 1 saturated carbocycles. The first-order chi connectivity index (χ1) is 11.8. The summed E-state index contributed by atoms with van der Waals surface area (Å²) in [6.45, 7) is -0.0354. The van der Waals surface area contributed by atoms with Crippen LogP contribution in [0.15, 0.2) is 59.7 Å². The van der Waals surface area contributed by atoms with Crippen LogP contribution in [0.5, 0.6) is 5.75 Å². The van der Waals surface area contributed by atoms with Gasteiger partial charge in [-0.05, 0) is 47.6 Å². The van der Waals surface area contributed by atoms with Gasteiger partial charge in [0.05, 0.1) is 0 Å². The van der Waals surface area contributed by atoms with Crippen molar-refractivity contribution in [2.45, 2.75) is 12.8 Å². The van der Waals surface area contributed by atoms with E-state index < -0.39 is 0 Å². The fourth-order valence-corrected chi connectivity index (χ4v) is 3.64. The molecular weight excluding hydrogens is 300 g/mol. The Labute approximate surface area is 141 Å². The molecule has 122 valence electrons. The third-order valence-corrected chi connectivity index (χ3v) is 4.88. The van der Waals surface area contributed by atoms with Gasteiger partial charge in [-0.3, -0.25) is 4.79 Å². The number of nitrogens with zero attached hydrogens (tertiary/aromatic N) is 1. The Hall–Kier alpha value is -2.62. The number of hydrazone groups is 1. The smallest absolute Gasteiger partial charge is 0.277 e. The number of nitrogens with one attached hydrogen (secondary N) is 1. The van der Waals surface area contributed by atoms with E-state index in [0.717, 1.165) is 17.2 Å². The van der Waals surface area contributed by atoms with Crippen molar-refractivity contribution in [2.75, 3.05) is 6.61 Å². The normalized spacial score (nSPS) is 24.8. The molecule has 0 radical (unpaired) electrons. The molecule has 3 unspecified atom stereocenters. The Morgan fingerprint density at radius 1 is 1.17 bits per heavy atom. The van der Waals surface area contributed by atoms with Crippen LogP contribution in [0.25, 0.3) is 10.8 Å². The molecule has 0 saturated heterocycles. The highest BCUT2D eigenvalue weighted by atomic mass is 16.5. The standard InChI is InChI=1S/C20H20N2O2/c23-20(22-21-12-18-10-14-5-6-17(18)9-14)13-24-19-8-7-15-3-1-2-4-16(15)11-19/h1-8,11-12,14,17-18H,9-10,13H2,(H,22,23). The van der Waals surface area contributed by atoms with Crippen LogP contribution in [-0.2, 0) is 4.79 Å². The van der Waals surface area contributed by atoms with Crippen molar-refractivity contribution in [3.63, 3.8) is 0 Å². The minimum Gasteiger partial charge on any atom is -0.484 e. The maximum absolute atomic E-state index is 11.8. The predicted octanol–water partition coefficient (Wildman–Crippen LogP) is 3.53. The van der Waals surface area contributed by atoms with Gasteiger partial charge in [0.1, 0.15) is 5.75 Å². The molecule has 1 amide bonds. The van der Waals surface area contributed by atoms with Crippen LogP contribution in [0, 0.1) is 17.8 Å². The quantitative estimate of drug-likeness (QED) is 0.520. The molecule has 1 N–H and O–H groups in total. The second-order valence-corrected chi connectivity index (χ2v) is 6.55. The Balaban J connectivity index is 1.27. The van der Waals surface area contributed by atoms with Crippen molar-refractivity contribution in [2.24, 2.45) is 22.9 Å². The van der Waals surface area contributed by atoms with Gasteiger partial charge in [-0.1, -0.05) is 42.5 Å². The van der Waals surface area contributed by atoms with Crippen molar-refractivity contribution in [3.05, 3.63) is 54.6 Å². The molecule has 4 heteroatoms. The van der Waals surface area contributed by atoms with E-state index in [2.05, 4.69) is 22.7 Å². The Bertz CT molecular complexity index is 812. The number of ether oxygens (including phenoxy) is 1. The van der Waals surface area contributed by atoms with Gasteiger partial charge < -0.3 is 4.74 Å². The van der Waals surface area contributed by atoms with Crippen molar-refractivity contribution in [3.8, 4) is 5.75 Å². The molecule has 4 rings (SSSR count). The Morgan fingerprint density at radius 2 is 2.04 bits per heavy atom. The number of amides is 1. The molecule has 2 aromatic carbocycles. The molecule has 2 aromatic rings. The molecule has 0 spiro atoms. The van der Waals surface area contributed by atoms with Crippen molar-refractivity contribution in [1.82, 2.24) is 5.43 Å². The number of rotatable bonds is 5. The fraction of sp³-hybridized carbons (Fsp3) is 0.300. The van der Waals surface area contributed by atoms with Gasteiger partial charge >= 0.3 is 0 Å². The third kappa shape index (κ3) is 3.18. The molecule has 2 bridgehead atoms. The molecule has 2 aliphatic rings. The van der Waals surface area contributed by atoms with Gasteiger partial charge in [0.25, 0.3) is 5.91 Å². The van der Waals surface area contributed by atoms with Crippen molar-refractivity contribution >= 4 is 22.9 Å². The van der Waals surface area contributed by atoms with E-state index in [-0.39, 0.29) is 12.5 Å². The first-order valence-corrected chi connectivity index (χ1v) is 8.40. The number of hydrogen-bond acceptors (Lipinski definition) is 3. The van der Waals surface area contributed by atoms with Crippen LogP contribution in [-0.4, -0.2) is 18.7 Å². The van der Waals surface area contributed by atoms with Crippen LogP contribution < -0.4 is 10.2 Å². The average molecular weight is 320 g/mol. The minimum atomic E-state index is -0.238. The summed E-state index contributed by atoms with van der Waals surface area (Å²) in [7, 11) is 0. The van der Waals surface area contributed by atoms with E-state index in [1.165, 1.54) is 6.42 Å². The molecule has 3 atom stereocenters. The molecule has 1 fully saturated rings. The lowest BCUT2D eigenvalue weighted by Gasteiger charge is -2.12. The van der Waals surface area contributed by atoms with E-state index in [4.69, 9.17) is 4.74 Å². The summed E-state index contributed by atoms with van der Waals surface area (Å²) >= 11 is 0. The number of hydrogen-bond donors (Lipinski definition) is 1. The average Bonchev–Trinajstić information content (AvgIpc) is 3.23. The third-order valence-electron chi connectivity index (χ3n) is 4.88. The highest BCUT2D eigenvalue weighted by Crippen LogP contribution is 2.42. The van der Waals surface area contributed by atoms with E-state index in [1.54, 1.807) is 0 Å². The highest BCUT2D eigenvalue weighted by molar-refractivity contribution is 5.84. The van der Waals surface area contributed by atoms with E-state index in [9.17, 15) is 4.79 Å². The number of fused-ring (bicyclic) bond motifs is 3. The zero-order valence-corrected chi connectivity index (χ0v) is 13.4. The van der Waals surface area contributed by atoms with Crippen LogP contribution in [0.1, 0.15) is 12.8 Å². The van der Waals surface area contributed by atoms with E-state index in [0.29, 0.717) is 23.5 Å². The lowest BCUT2D eigenvalue weighted by molar-refractivity contribution is -0.123. The summed E-state index contributed by atoms with van der Waals surface area (Å²) < 4.78 is 5.55. The van der Waals surface area contributed by atoms with Gasteiger partial charge in [-0.15, -0.1) is 0 Å². The van der Waals surface area contributed by atoms with Crippen LogP contribution >= 0.6 is 0 Å². The SMILES string of the molecule is O=C(COc1ccc2ccccc2c1)NN=CC1CC2C=CC1C2. The Kier molecular flexibility index (Phi) is 4.03. The van der Waals surface area contributed by atoms with Crippen LogP contribution in [0.4, 0.5) is 0 Å². The largest absolute Gasteiger partial charge is 0.484 e. The summed E-state index contributed by atoms with van der Waals surface area (Å²) in [4.78, 5) is 11.8. The lowest BCUT2D eigenvalue weighted by atomic mass is 9.95. The summed E-state index contributed by atoms with van der Waals surface area (Å²) in [6, 6.07) is 13.9. The molecular formula is C20H20N2O2. The second-order valence-electron chi connectivity index (χ2n) is 6.55. The summed E-state index contributed by atoms with van der Waals surface area (Å²) in [5.41, 5.74) is 2.56. The molecule has 2 aliphatic carbocycles. The van der Waals surface area contributed by atoms with E-state index >= 15 is 0 Å². The lowest BCUT2D eigenvalue weighted by Crippen LogP contribution is -2.25. The highest BCUT2D eigenvalue weighted by Gasteiger charge is 2.34. The van der Waals surface area contributed by atoms with Crippen molar-refractivity contribution < 1.29 is 9.53 Å². The van der Waals surface area contributed by atoms with Gasteiger partial charge in [-0.25, -0.2) is 5.43 Å². The minimum absolute atomic E-state index is 0.0354. The number of carbonyl (C=O) groups excluding carboxylic acids is 1. The van der Waals surface area contributed by atoms with E-state index in [1.807, 2.05) is 48.7 Å². The second kappa shape index (κ2) is 6.48. The monoisotopic (exact) mass is 320 g/mol. The zero-order valence-electron chi connectivity index (χ0n) is 13.4. The van der Waals surface area contributed by atoms with Gasteiger partial charge in [0.2, 0.25) is 0 Å². The van der Waals surface area contributed by atoms with Crippen LogP contribution in [0.3, 0.4) is 0 Å². The molecule has 0 aromatic heterocycles. The topological polar surface area (TPSA) is 50.7 Å². The number of carbonyl (C=O) groups is 1. The van der Waals surface area contributed by atoms with Gasteiger partial charge in [0, 0.05) is 12.1 Å². The summed E-state index contributed by atoms with van der Waals surface area (Å²) in [6.07, 6.45) is 8.83. The molecule has 0 heterocycles. The predicted molar refractivity (Wildman–Crippen MR) is 94.9 cm³/mol. The zero-order chi connectivity index (χ0) is 16.4. The fourth-order valence-electron chi connectivity index (χ4n) is 3.64. The molecule has 0 aliphatic heterocycles. The maximum atomic E-state index is 11.8. The molecule has 24 heavy (non-hydrogen) atoms. The summed E-state index contributed by atoms with van der Waals surface area (Å²) in [5, 5.41) is 6.34. The van der Waals surface area contributed by atoms with Crippen LogP contribution in [0.2, 0.25) is 0 Å². The first kappa shape index (κ1) is 14.9. The van der Waals surface area contributed by atoms with Gasteiger partial charge in [-0.2, -0.15) is 5.10 Å². The maximum Gasteiger partial charge on any atom is 0.277 e. The molecule has 4 nitrogen and oxygen atoms in total. The number of benzene rings is 2. The Morgan fingerprint density at radius 3 is 2.83 bits per heavy atom.